The summed E-state index contributed by atoms with van der Waals surface area (Å²) in [5, 5.41) is 2.90. The van der Waals surface area contributed by atoms with E-state index in [1.165, 1.54) is 0 Å². The number of hydrogen-bond donors (Lipinski definition) is 1. The quantitative estimate of drug-likeness (QED) is 0.164. The highest BCUT2D eigenvalue weighted by Crippen LogP contribution is 2.55. The number of carbonyl (C=O) groups is 2. The van der Waals surface area contributed by atoms with Crippen molar-refractivity contribution in [3.05, 3.63) is 94.5 Å². The molecule has 2 aliphatic heterocycles. The van der Waals surface area contributed by atoms with Crippen LogP contribution in [0.1, 0.15) is 63.1 Å². The van der Waals surface area contributed by atoms with Gasteiger partial charge in [-0.3, -0.25) is 4.79 Å². The summed E-state index contributed by atoms with van der Waals surface area (Å²) in [5.41, 5.74) is 1.74. The Hall–Kier alpha value is -3.39. The van der Waals surface area contributed by atoms with Gasteiger partial charge in [0.05, 0.1) is 25.4 Å². The average Bonchev–Trinajstić information content (AvgIpc) is 3.25. The number of rotatable bonds is 13. The molecular formula is C31H32ClNO6. The maximum absolute atomic E-state index is 13.0. The van der Waals surface area contributed by atoms with Crippen molar-refractivity contribution in [2.75, 3.05) is 38.9 Å². The van der Waals surface area contributed by atoms with Crippen LogP contribution in [-0.2, 0) is 19.8 Å². The number of nitrogens with one attached hydrogen (secondary N) is 1. The third-order valence-corrected chi connectivity index (χ3v) is 7.22. The molecule has 2 aliphatic rings. The molecule has 0 saturated heterocycles. The summed E-state index contributed by atoms with van der Waals surface area (Å²) in [6, 6.07) is 20.1. The van der Waals surface area contributed by atoms with E-state index in [9.17, 15) is 9.59 Å². The first-order valence-corrected chi connectivity index (χ1v) is 13.9. The van der Waals surface area contributed by atoms with Crippen molar-refractivity contribution in [2.24, 2.45) is 0 Å². The molecule has 8 heteroatoms. The van der Waals surface area contributed by atoms with Crippen LogP contribution in [0.5, 0.6) is 11.5 Å². The van der Waals surface area contributed by atoms with Crippen LogP contribution < -0.4 is 10.1 Å². The lowest BCUT2D eigenvalue weighted by Crippen LogP contribution is -2.33. The van der Waals surface area contributed by atoms with Crippen molar-refractivity contribution >= 4 is 23.5 Å². The Morgan fingerprint density at radius 3 is 2.18 bits per heavy atom. The number of hydrogen-bond acceptors (Lipinski definition) is 6. The predicted octanol–water partition coefficient (Wildman–Crippen LogP) is 5.82. The molecule has 0 unspecified atom stereocenters. The maximum Gasteiger partial charge on any atom is 0.340 e. The van der Waals surface area contributed by atoms with Crippen molar-refractivity contribution in [1.29, 1.82) is 0 Å². The average molecular weight is 550 g/mol. The molecule has 39 heavy (non-hydrogen) atoms. The number of para-hydroxylation sites is 2. The van der Waals surface area contributed by atoms with E-state index in [-0.39, 0.29) is 5.91 Å². The van der Waals surface area contributed by atoms with Crippen LogP contribution in [0.15, 0.2) is 66.7 Å². The van der Waals surface area contributed by atoms with Gasteiger partial charge < -0.3 is 24.3 Å². The molecule has 1 spiro atoms. The molecule has 7 nitrogen and oxygen atoms in total. The number of esters is 1. The second kappa shape index (κ2) is 12.6. The third-order valence-electron chi connectivity index (χ3n) is 6.96. The van der Waals surface area contributed by atoms with E-state index in [1.54, 1.807) is 18.2 Å². The summed E-state index contributed by atoms with van der Waals surface area (Å²) in [7, 11) is 0. The lowest BCUT2D eigenvalue weighted by Gasteiger charge is -2.36. The summed E-state index contributed by atoms with van der Waals surface area (Å²) >= 11 is 5.68. The van der Waals surface area contributed by atoms with E-state index < -0.39 is 11.6 Å². The minimum absolute atomic E-state index is 0.252. The zero-order valence-corrected chi connectivity index (χ0v) is 22.5. The van der Waals surface area contributed by atoms with Gasteiger partial charge in [0.1, 0.15) is 11.5 Å². The van der Waals surface area contributed by atoms with Gasteiger partial charge in [-0.25, -0.2) is 4.79 Å². The topological polar surface area (TPSA) is 83.1 Å². The van der Waals surface area contributed by atoms with Gasteiger partial charge in [0.15, 0.2) is 5.60 Å². The fourth-order valence-electron chi connectivity index (χ4n) is 5.07. The highest BCUT2D eigenvalue weighted by Gasteiger charge is 2.53. The number of fused-ring (bicyclic) bond motifs is 6. The Bertz CT molecular complexity index is 1280. The van der Waals surface area contributed by atoms with Gasteiger partial charge in [-0.1, -0.05) is 49.2 Å². The zero-order chi connectivity index (χ0) is 27.1. The Morgan fingerprint density at radius 2 is 1.46 bits per heavy atom. The molecular weight excluding hydrogens is 518 g/mol. The summed E-state index contributed by atoms with van der Waals surface area (Å²) in [6.45, 7) is 2.44. The van der Waals surface area contributed by atoms with Crippen molar-refractivity contribution < 1.29 is 28.5 Å². The van der Waals surface area contributed by atoms with Gasteiger partial charge in [0, 0.05) is 41.3 Å². The Kier molecular flexibility index (Phi) is 8.81. The number of carbonyl (C=O) groups excluding carboxylic acids is 2. The molecule has 2 heterocycles. The third kappa shape index (κ3) is 5.66. The number of halogens is 1. The van der Waals surface area contributed by atoms with Crippen LogP contribution >= 0.6 is 11.6 Å². The highest BCUT2D eigenvalue weighted by molar-refractivity contribution is 6.17. The van der Waals surface area contributed by atoms with Crippen molar-refractivity contribution in [3.63, 3.8) is 0 Å². The molecule has 204 valence electrons. The monoisotopic (exact) mass is 549 g/mol. The smallest absolute Gasteiger partial charge is 0.340 e. The lowest BCUT2D eigenvalue weighted by atomic mass is 9.77. The van der Waals surface area contributed by atoms with Crippen LogP contribution in [0.2, 0.25) is 0 Å². The Balaban J connectivity index is 1.22. The standard InChI is InChI=1S/C31H32ClNO6/c32-15-7-1-2-8-17-36-19-20-37-18-16-33-29(34)22-13-14-23-26(21-22)31(39-30(23)35)24-9-3-5-11-27(24)38-28-12-6-4-10-25(28)31/h3-6,9-14,21H,1-2,7-8,15-20H2,(H,33,34). The van der Waals surface area contributed by atoms with E-state index in [4.69, 9.17) is 30.5 Å². The molecule has 0 atom stereocenters. The normalized spacial score (nSPS) is 14.2. The van der Waals surface area contributed by atoms with E-state index in [0.29, 0.717) is 60.4 Å². The van der Waals surface area contributed by atoms with E-state index in [1.807, 2.05) is 48.5 Å². The first-order valence-electron chi connectivity index (χ1n) is 13.4. The van der Waals surface area contributed by atoms with Crippen LogP contribution in [0.4, 0.5) is 0 Å². The fraction of sp³-hybridized carbons (Fsp3) is 0.355. The Morgan fingerprint density at radius 1 is 0.795 bits per heavy atom. The molecule has 5 rings (SSSR count). The SMILES string of the molecule is O=C(NCCOCCOCCCCCCCl)c1ccc2c(c1)C1(OC2=O)c2ccccc2Oc2ccccc21. The molecule has 0 saturated carbocycles. The highest BCUT2D eigenvalue weighted by atomic mass is 35.5. The van der Waals surface area contributed by atoms with Crippen molar-refractivity contribution in [2.45, 2.75) is 31.3 Å². The molecule has 3 aromatic rings. The van der Waals surface area contributed by atoms with Crippen LogP contribution in [-0.4, -0.2) is 50.7 Å². The lowest BCUT2D eigenvalue weighted by molar-refractivity contribution is 0.0224. The number of alkyl halides is 1. The van der Waals surface area contributed by atoms with Gasteiger partial charge in [0.25, 0.3) is 5.91 Å². The van der Waals surface area contributed by atoms with E-state index in [0.717, 1.165) is 43.4 Å². The molecule has 1 N–H and O–H groups in total. The first-order chi connectivity index (χ1) is 19.1. The van der Waals surface area contributed by atoms with Gasteiger partial charge in [-0.2, -0.15) is 0 Å². The summed E-state index contributed by atoms with van der Waals surface area (Å²) in [5.74, 6) is 1.25. The predicted molar refractivity (Wildman–Crippen MR) is 148 cm³/mol. The molecule has 0 fully saturated rings. The maximum atomic E-state index is 13.0. The number of ether oxygens (including phenoxy) is 4. The fourth-order valence-corrected chi connectivity index (χ4v) is 5.26. The van der Waals surface area contributed by atoms with E-state index >= 15 is 0 Å². The molecule has 0 bridgehead atoms. The molecule has 3 aromatic carbocycles. The largest absolute Gasteiger partial charge is 0.456 e. The second-order valence-electron chi connectivity index (χ2n) is 9.51. The summed E-state index contributed by atoms with van der Waals surface area (Å²) in [4.78, 5) is 26.1. The molecule has 0 aromatic heterocycles. The number of benzene rings is 3. The van der Waals surface area contributed by atoms with Gasteiger partial charge in [-0.15, -0.1) is 11.6 Å². The Labute approximate surface area is 233 Å². The summed E-state index contributed by atoms with van der Waals surface area (Å²) < 4.78 is 23.4. The van der Waals surface area contributed by atoms with Crippen molar-refractivity contribution in [1.82, 2.24) is 5.32 Å². The van der Waals surface area contributed by atoms with Gasteiger partial charge in [-0.05, 0) is 43.2 Å². The second-order valence-corrected chi connectivity index (χ2v) is 9.89. The first kappa shape index (κ1) is 27.2. The van der Waals surface area contributed by atoms with Gasteiger partial charge in [0.2, 0.25) is 0 Å². The molecule has 0 aliphatic carbocycles. The molecule has 1 amide bonds. The van der Waals surface area contributed by atoms with Crippen LogP contribution in [0, 0.1) is 0 Å². The van der Waals surface area contributed by atoms with E-state index in [2.05, 4.69) is 5.32 Å². The summed E-state index contributed by atoms with van der Waals surface area (Å²) in [6.07, 6.45) is 4.32. The minimum Gasteiger partial charge on any atom is -0.456 e. The number of unbranched alkanes of at least 4 members (excludes halogenated alkanes) is 3. The molecule has 0 radical (unpaired) electrons. The van der Waals surface area contributed by atoms with Crippen molar-refractivity contribution in [3.8, 4) is 11.5 Å². The van der Waals surface area contributed by atoms with Gasteiger partial charge >= 0.3 is 5.97 Å². The van der Waals surface area contributed by atoms with Crippen LogP contribution in [0.3, 0.4) is 0 Å². The number of amides is 1. The van der Waals surface area contributed by atoms with Crippen LogP contribution in [0.25, 0.3) is 0 Å². The zero-order valence-electron chi connectivity index (χ0n) is 21.7. The minimum atomic E-state index is -1.19.